The van der Waals surface area contributed by atoms with Crippen molar-refractivity contribution in [3.05, 3.63) is 0 Å². The third-order valence-electron chi connectivity index (χ3n) is 5.52. The van der Waals surface area contributed by atoms with Gasteiger partial charge in [0, 0.05) is 5.41 Å². The van der Waals surface area contributed by atoms with Gasteiger partial charge < -0.3 is 5.73 Å². The SMILES string of the molecule is CC1SC(N)=NN=C1C12CC3CC(CC(C3)C1)C2. The maximum absolute atomic E-state index is 5.78. The fourth-order valence-electron chi connectivity index (χ4n) is 5.41. The summed E-state index contributed by atoms with van der Waals surface area (Å²) in [5.41, 5.74) is 7.54. The number of thioether (sulfide) groups is 1. The van der Waals surface area contributed by atoms with E-state index in [-0.39, 0.29) is 0 Å². The summed E-state index contributed by atoms with van der Waals surface area (Å²) in [7, 11) is 0. The molecular formula is C14H21N3S. The van der Waals surface area contributed by atoms with Gasteiger partial charge in [-0.1, -0.05) is 11.8 Å². The molecular weight excluding hydrogens is 242 g/mol. The number of nitrogens with zero attached hydrogens (tertiary/aromatic N) is 2. The van der Waals surface area contributed by atoms with Crippen molar-refractivity contribution in [1.82, 2.24) is 0 Å². The molecule has 0 aromatic heterocycles. The van der Waals surface area contributed by atoms with Crippen LogP contribution in [0.15, 0.2) is 10.2 Å². The van der Waals surface area contributed by atoms with E-state index < -0.39 is 0 Å². The number of rotatable bonds is 1. The quantitative estimate of drug-likeness (QED) is 0.790. The standard InChI is InChI=1S/C14H21N3S/c1-8-12(16-17-13(15)18-8)14-5-9-2-10(6-14)4-11(3-9)7-14/h8-11H,2-7H2,1H3,(H2,15,17). The number of amidine groups is 1. The highest BCUT2D eigenvalue weighted by Gasteiger charge is 2.54. The minimum Gasteiger partial charge on any atom is -0.377 e. The molecule has 0 radical (unpaired) electrons. The molecule has 4 fully saturated rings. The molecule has 2 N–H and O–H groups in total. The maximum Gasteiger partial charge on any atom is 0.181 e. The van der Waals surface area contributed by atoms with E-state index in [1.54, 1.807) is 11.8 Å². The molecule has 4 aliphatic carbocycles. The smallest absolute Gasteiger partial charge is 0.181 e. The second kappa shape index (κ2) is 3.75. The van der Waals surface area contributed by atoms with Gasteiger partial charge in [-0.2, -0.15) is 5.10 Å². The first-order valence-electron chi connectivity index (χ1n) is 7.23. The summed E-state index contributed by atoms with van der Waals surface area (Å²) in [5.74, 6) is 2.92. The highest BCUT2D eigenvalue weighted by molar-refractivity contribution is 8.14. The van der Waals surface area contributed by atoms with Crippen LogP contribution in [0.2, 0.25) is 0 Å². The van der Waals surface area contributed by atoms with Gasteiger partial charge >= 0.3 is 0 Å². The number of nitrogens with two attached hydrogens (primary N) is 1. The zero-order valence-electron chi connectivity index (χ0n) is 10.9. The first kappa shape index (κ1) is 11.3. The van der Waals surface area contributed by atoms with Crippen molar-refractivity contribution in [2.75, 3.05) is 0 Å². The Morgan fingerprint density at radius 3 is 2.11 bits per heavy atom. The Labute approximate surface area is 113 Å². The first-order chi connectivity index (χ1) is 8.64. The van der Waals surface area contributed by atoms with Crippen LogP contribution < -0.4 is 5.73 Å². The minimum atomic E-state index is 0.394. The van der Waals surface area contributed by atoms with E-state index in [0.717, 1.165) is 17.8 Å². The van der Waals surface area contributed by atoms with E-state index in [2.05, 4.69) is 17.1 Å². The van der Waals surface area contributed by atoms with E-state index in [9.17, 15) is 0 Å². The van der Waals surface area contributed by atoms with Crippen LogP contribution in [0.3, 0.4) is 0 Å². The molecule has 1 unspecified atom stereocenters. The Morgan fingerprint density at radius 2 is 1.61 bits per heavy atom. The third kappa shape index (κ3) is 1.57. The van der Waals surface area contributed by atoms with E-state index in [1.807, 2.05) is 0 Å². The Morgan fingerprint density at radius 1 is 1.06 bits per heavy atom. The summed E-state index contributed by atoms with van der Waals surface area (Å²) < 4.78 is 0. The predicted molar refractivity (Wildman–Crippen MR) is 76.7 cm³/mol. The predicted octanol–water partition coefficient (Wildman–Crippen LogP) is 3.01. The van der Waals surface area contributed by atoms with Crippen molar-refractivity contribution in [3.8, 4) is 0 Å². The van der Waals surface area contributed by atoms with Crippen molar-refractivity contribution in [2.24, 2.45) is 39.1 Å². The molecule has 3 nitrogen and oxygen atoms in total. The third-order valence-corrected chi connectivity index (χ3v) is 6.42. The number of hydrogen-bond donors (Lipinski definition) is 1. The molecule has 0 aromatic rings. The van der Waals surface area contributed by atoms with Gasteiger partial charge in [0.15, 0.2) is 5.17 Å². The van der Waals surface area contributed by atoms with E-state index in [1.165, 1.54) is 44.2 Å². The van der Waals surface area contributed by atoms with Crippen molar-refractivity contribution < 1.29 is 0 Å². The molecule has 0 aromatic carbocycles. The van der Waals surface area contributed by atoms with Crippen LogP contribution in [0.1, 0.15) is 45.4 Å². The first-order valence-corrected chi connectivity index (χ1v) is 8.11. The lowest BCUT2D eigenvalue weighted by atomic mass is 9.48. The van der Waals surface area contributed by atoms with Gasteiger partial charge in [-0.15, -0.1) is 5.10 Å². The Bertz CT molecular complexity index is 405. The molecule has 1 atom stereocenters. The molecule has 0 saturated heterocycles. The van der Waals surface area contributed by atoms with Crippen LogP contribution in [0.25, 0.3) is 0 Å². The summed E-state index contributed by atoms with van der Waals surface area (Å²) in [4.78, 5) is 0. The van der Waals surface area contributed by atoms with E-state index >= 15 is 0 Å². The van der Waals surface area contributed by atoms with Crippen LogP contribution in [0, 0.1) is 23.2 Å². The van der Waals surface area contributed by atoms with Gasteiger partial charge in [0.2, 0.25) is 0 Å². The van der Waals surface area contributed by atoms with Crippen molar-refractivity contribution in [2.45, 2.75) is 50.7 Å². The fraction of sp³-hybridized carbons (Fsp3) is 0.857. The van der Waals surface area contributed by atoms with Gasteiger partial charge in [0.25, 0.3) is 0 Å². The molecule has 4 bridgehead atoms. The van der Waals surface area contributed by atoms with E-state index in [0.29, 0.717) is 15.8 Å². The van der Waals surface area contributed by atoms with Crippen LogP contribution >= 0.6 is 11.8 Å². The van der Waals surface area contributed by atoms with Crippen LogP contribution in [-0.2, 0) is 0 Å². The maximum atomic E-state index is 5.78. The van der Waals surface area contributed by atoms with Crippen LogP contribution in [0.4, 0.5) is 0 Å². The van der Waals surface area contributed by atoms with Gasteiger partial charge in [-0.05, 0) is 63.2 Å². The fourth-order valence-corrected chi connectivity index (χ4v) is 6.27. The summed E-state index contributed by atoms with van der Waals surface area (Å²) >= 11 is 1.70. The molecule has 0 spiro atoms. The normalized spacial score (nSPS) is 50.1. The van der Waals surface area contributed by atoms with Crippen molar-refractivity contribution in [3.63, 3.8) is 0 Å². The highest BCUT2D eigenvalue weighted by atomic mass is 32.2. The summed E-state index contributed by atoms with van der Waals surface area (Å²) in [6.45, 7) is 2.25. The Kier molecular flexibility index (Phi) is 2.36. The van der Waals surface area contributed by atoms with Gasteiger partial charge in [0.1, 0.15) is 0 Å². The molecule has 5 aliphatic rings. The van der Waals surface area contributed by atoms with Gasteiger partial charge in [0.05, 0.1) is 11.0 Å². The molecule has 4 saturated carbocycles. The monoisotopic (exact) mass is 263 g/mol. The zero-order valence-corrected chi connectivity index (χ0v) is 11.7. The molecule has 1 heterocycles. The second-order valence-electron chi connectivity index (χ2n) is 6.88. The lowest BCUT2D eigenvalue weighted by Crippen LogP contribution is -2.52. The Balaban J connectivity index is 1.71. The molecule has 5 rings (SSSR count). The molecule has 0 amide bonds. The highest BCUT2D eigenvalue weighted by Crippen LogP contribution is 2.61. The topological polar surface area (TPSA) is 50.7 Å². The lowest BCUT2D eigenvalue weighted by molar-refractivity contribution is -0.0131. The summed E-state index contributed by atoms with van der Waals surface area (Å²) in [6.07, 6.45) is 8.58. The Hall–Kier alpha value is -0.510. The minimum absolute atomic E-state index is 0.394. The molecule has 1 aliphatic heterocycles. The van der Waals surface area contributed by atoms with Crippen LogP contribution in [0.5, 0.6) is 0 Å². The average molecular weight is 263 g/mol. The molecule has 18 heavy (non-hydrogen) atoms. The zero-order chi connectivity index (χ0) is 12.3. The van der Waals surface area contributed by atoms with Crippen molar-refractivity contribution >= 4 is 22.6 Å². The lowest BCUT2D eigenvalue weighted by Gasteiger charge is -2.57. The average Bonchev–Trinajstić information content (AvgIpc) is 2.26. The summed E-state index contributed by atoms with van der Waals surface area (Å²) in [6, 6.07) is 0. The number of hydrogen-bond acceptors (Lipinski definition) is 4. The molecule has 4 heteroatoms. The van der Waals surface area contributed by atoms with E-state index in [4.69, 9.17) is 5.73 Å². The van der Waals surface area contributed by atoms with Gasteiger partial charge in [-0.25, -0.2) is 0 Å². The van der Waals surface area contributed by atoms with Crippen LogP contribution in [-0.4, -0.2) is 16.1 Å². The molecule has 98 valence electrons. The largest absolute Gasteiger partial charge is 0.377 e. The van der Waals surface area contributed by atoms with Gasteiger partial charge in [-0.3, -0.25) is 0 Å². The van der Waals surface area contributed by atoms with Crippen molar-refractivity contribution in [1.29, 1.82) is 0 Å². The summed E-state index contributed by atoms with van der Waals surface area (Å²) in [5, 5.41) is 9.77. The second-order valence-corrected chi connectivity index (χ2v) is 8.24.